The molecule has 5 heteroatoms. The molecule has 0 saturated heterocycles. The van der Waals surface area contributed by atoms with Crippen LogP contribution >= 0.6 is 11.6 Å². The van der Waals surface area contributed by atoms with Crippen LogP contribution in [0.2, 0.25) is 0 Å². The first kappa shape index (κ1) is 11.0. The number of hydrogen-bond acceptors (Lipinski definition) is 2. The lowest BCUT2D eigenvalue weighted by Crippen LogP contribution is -2.35. The van der Waals surface area contributed by atoms with Gasteiger partial charge in [-0.2, -0.15) is 0 Å². The van der Waals surface area contributed by atoms with Crippen molar-refractivity contribution in [1.29, 1.82) is 0 Å². The summed E-state index contributed by atoms with van der Waals surface area (Å²) in [5, 5.41) is 3.03. The van der Waals surface area contributed by atoms with Crippen LogP contribution in [0.25, 0.3) is 0 Å². The summed E-state index contributed by atoms with van der Waals surface area (Å²) in [6.07, 6.45) is 1.63. The molecule has 0 spiro atoms. The summed E-state index contributed by atoms with van der Waals surface area (Å²) in [6, 6.07) is 1.81. The first-order valence-electron chi connectivity index (χ1n) is 4.96. The van der Waals surface area contributed by atoms with E-state index < -0.39 is 0 Å². The Kier molecular flexibility index (Phi) is 2.83. The topological polar surface area (TPSA) is 46.4 Å². The molecule has 1 aliphatic rings. The van der Waals surface area contributed by atoms with Gasteiger partial charge in [0, 0.05) is 30.6 Å². The van der Waals surface area contributed by atoms with Crippen LogP contribution in [0.3, 0.4) is 0 Å². The summed E-state index contributed by atoms with van der Waals surface area (Å²) < 4.78 is 1.98. The lowest BCUT2D eigenvalue weighted by molar-refractivity contribution is 0.0927. The maximum atomic E-state index is 11.6. The third-order valence-corrected chi connectivity index (χ3v) is 2.70. The molecule has 2 heterocycles. The van der Waals surface area contributed by atoms with Crippen molar-refractivity contribution in [2.75, 3.05) is 6.54 Å². The molecule has 2 rings (SSSR count). The molecule has 1 aromatic heterocycles. The smallest absolute Gasteiger partial charge is 0.267 e. The normalized spacial score (nSPS) is 15.0. The Hall–Kier alpha value is -1.55. The number of aromatic nitrogens is 1. The number of fused-ring (bicyclic) bond motifs is 1. The van der Waals surface area contributed by atoms with Crippen molar-refractivity contribution in [1.82, 2.24) is 9.88 Å². The highest BCUT2D eigenvalue weighted by Crippen LogP contribution is 2.16. The third kappa shape index (κ3) is 1.88. The van der Waals surface area contributed by atoms with Crippen molar-refractivity contribution in [3.63, 3.8) is 0 Å². The average molecular weight is 238 g/mol. The van der Waals surface area contributed by atoms with Crippen LogP contribution in [-0.2, 0) is 6.54 Å². The number of amides is 1. The molecule has 1 amide bonds. The lowest BCUT2D eigenvalue weighted by atomic mass is 10.2. The monoisotopic (exact) mass is 237 g/mol. The van der Waals surface area contributed by atoms with E-state index in [1.165, 1.54) is 0 Å². The molecule has 1 aliphatic heterocycles. The van der Waals surface area contributed by atoms with E-state index in [0.29, 0.717) is 12.2 Å². The van der Waals surface area contributed by atoms with Gasteiger partial charge >= 0.3 is 0 Å². The molecule has 0 unspecified atom stereocenters. The van der Waals surface area contributed by atoms with Gasteiger partial charge in [-0.3, -0.25) is 4.79 Å². The van der Waals surface area contributed by atoms with E-state index in [1.807, 2.05) is 17.6 Å². The zero-order chi connectivity index (χ0) is 11.7. The number of nitrogens with one attached hydrogen (secondary N) is 1. The van der Waals surface area contributed by atoms with Crippen LogP contribution in [0.4, 0.5) is 0 Å². The zero-order valence-corrected chi connectivity index (χ0v) is 9.71. The highest BCUT2D eigenvalue weighted by molar-refractivity contribution is 6.29. The van der Waals surface area contributed by atoms with Gasteiger partial charge in [0.25, 0.3) is 5.91 Å². The van der Waals surface area contributed by atoms with Crippen molar-refractivity contribution in [2.45, 2.75) is 13.5 Å². The summed E-state index contributed by atoms with van der Waals surface area (Å²) in [5.41, 5.74) is 2.59. The van der Waals surface area contributed by atoms with E-state index in [9.17, 15) is 4.79 Å². The molecule has 1 N–H and O–H groups in total. The summed E-state index contributed by atoms with van der Waals surface area (Å²) in [5.74, 6) is -0.0429. The van der Waals surface area contributed by atoms with E-state index >= 15 is 0 Å². The molecule has 0 fully saturated rings. The summed E-state index contributed by atoms with van der Waals surface area (Å²) >= 11 is 5.56. The predicted molar refractivity (Wildman–Crippen MR) is 64.1 cm³/mol. The molecule has 0 aromatic carbocycles. The third-order valence-electron chi connectivity index (χ3n) is 2.60. The van der Waals surface area contributed by atoms with Gasteiger partial charge in [-0.05, 0) is 13.0 Å². The van der Waals surface area contributed by atoms with E-state index in [0.717, 1.165) is 17.8 Å². The molecular formula is C11H12ClN3O. The Morgan fingerprint density at radius 1 is 1.75 bits per heavy atom. The van der Waals surface area contributed by atoms with Gasteiger partial charge in [-0.25, -0.2) is 4.99 Å². The van der Waals surface area contributed by atoms with E-state index in [-0.39, 0.29) is 11.1 Å². The molecule has 84 valence electrons. The van der Waals surface area contributed by atoms with Crippen molar-refractivity contribution in [3.05, 3.63) is 34.8 Å². The highest BCUT2D eigenvalue weighted by Gasteiger charge is 2.20. The van der Waals surface area contributed by atoms with Gasteiger partial charge in [0.1, 0.15) is 10.9 Å². The molecule has 16 heavy (non-hydrogen) atoms. The van der Waals surface area contributed by atoms with Crippen LogP contribution in [0.15, 0.2) is 22.8 Å². The number of hydrogen-bond donors (Lipinski definition) is 1. The zero-order valence-electron chi connectivity index (χ0n) is 8.96. The van der Waals surface area contributed by atoms with Crippen LogP contribution in [0, 0.1) is 6.92 Å². The first-order valence-corrected chi connectivity index (χ1v) is 5.34. The quantitative estimate of drug-likeness (QED) is 0.617. The Balaban J connectivity index is 2.42. The van der Waals surface area contributed by atoms with Gasteiger partial charge < -0.3 is 9.88 Å². The summed E-state index contributed by atoms with van der Waals surface area (Å²) in [6.45, 7) is 6.90. The minimum atomic E-state index is -0.0429. The largest absolute Gasteiger partial charge is 0.349 e. The Morgan fingerprint density at radius 2 is 2.50 bits per heavy atom. The molecule has 1 aromatic rings. The highest BCUT2D eigenvalue weighted by atomic mass is 35.5. The molecule has 0 atom stereocenters. The number of nitrogens with zero attached hydrogens (tertiary/aromatic N) is 2. The van der Waals surface area contributed by atoms with Gasteiger partial charge in [0.2, 0.25) is 0 Å². The number of rotatable bonds is 2. The number of carbonyl (C=O) groups excluding carboxylic acids is 1. The van der Waals surface area contributed by atoms with Crippen LogP contribution in [0.5, 0.6) is 0 Å². The van der Waals surface area contributed by atoms with Gasteiger partial charge in [-0.15, -0.1) is 0 Å². The Bertz CT molecular complexity index is 488. The average Bonchev–Trinajstić information content (AvgIpc) is 2.55. The standard InChI is InChI=1S/C11H12ClN3O/c1-7-9(6-14-8(2)12)5-10-11(16)13-3-4-15(7)10/h5-6H,2-4H2,1H3,(H,13,16)/b14-6-. The van der Waals surface area contributed by atoms with Gasteiger partial charge in [0.05, 0.1) is 0 Å². The van der Waals surface area contributed by atoms with Crippen LogP contribution in [0.1, 0.15) is 21.7 Å². The SMILES string of the molecule is C=C(Cl)/N=C\c1cc2n(c1C)CCNC2=O. The lowest BCUT2D eigenvalue weighted by Gasteiger charge is -2.17. The fourth-order valence-corrected chi connectivity index (χ4v) is 1.83. The van der Waals surface area contributed by atoms with Gasteiger partial charge in [-0.1, -0.05) is 18.2 Å². The van der Waals surface area contributed by atoms with Crippen molar-refractivity contribution < 1.29 is 4.79 Å². The van der Waals surface area contributed by atoms with E-state index in [2.05, 4.69) is 16.9 Å². The Morgan fingerprint density at radius 3 is 3.12 bits per heavy atom. The van der Waals surface area contributed by atoms with Crippen molar-refractivity contribution >= 4 is 23.7 Å². The predicted octanol–water partition coefficient (Wildman–Crippen LogP) is 1.67. The Labute approximate surface area is 98.6 Å². The number of carbonyl (C=O) groups is 1. The fourth-order valence-electron chi connectivity index (χ4n) is 1.78. The molecule has 4 nitrogen and oxygen atoms in total. The maximum Gasteiger partial charge on any atom is 0.267 e. The van der Waals surface area contributed by atoms with Gasteiger partial charge in [0.15, 0.2) is 0 Å². The summed E-state index contributed by atoms with van der Waals surface area (Å²) in [7, 11) is 0. The molecule has 0 saturated carbocycles. The minimum absolute atomic E-state index is 0.0429. The molecular weight excluding hydrogens is 226 g/mol. The number of aliphatic imine (C=N–C) groups is 1. The van der Waals surface area contributed by atoms with E-state index in [4.69, 9.17) is 11.6 Å². The first-order chi connectivity index (χ1) is 7.59. The molecule has 0 radical (unpaired) electrons. The fraction of sp³-hybridized carbons (Fsp3) is 0.273. The van der Waals surface area contributed by atoms with Crippen LogP contribution in [-0.4, -0.2) is 23.2 Å². The maximum absolute atomic E-state index is 11.6. The van der Waals surface area contributed by atoms with Crippen LogP contribution < -0.4 is 5.32 Å². The van der Waals surface area contributed by atoms with Crippen molar-refractivity contribution in [3.8, 4) is 0 Å². The molecule has 0 aliphatic carbocycles. The van der Waals surface area contributed by atoms with E-state index in [1.54, 1.807) is 6.21 Å². The molecule has 0 bridgehead atoms. The summed E-state index contributed by atoms with van der Waals surface area (Å²) in [4.78, 5) is 15.5. The number of halogens is 1. The minimum Gasteiger partial charge on any atom is -0.349 e. The van der Waals surface area contributed by atoms with Crippen molar-refractivity contribution in [2.24, 2.45) is 4.99 Å². The second-order valence-corrected chi connectivity index (χ2v) is 4.05. The second kappa shape index (κ2) is 4.14. The second-order valence-electron chi connectivity index (χ2n) is 3.61.